The summed E-state index contributed by atoms with van der Waals surface area (Å²) in [6.45, 7) is 2.54. The van der Waals surface area contributed by atoms with E-state index in [9.17, 15) is 13.2 Å². The summed E-state index contributed by atoms with van der Waals surface area (Å²) in [5.74, 6) is 1.33. The lowest BCUT2D eigenvalue weighted by molar-refractivity contribution is -0.130. The number of aromatic amines is 1. The number of sulfone groups is 1. The summed E-state index contributed by atoms with van der Waals surface area (Å²) < 4.78 is 29.1. The van der Waals surface area contributed by atoms with Gasteiger partial charge in [-0.15, -0.1) is 0 Å². The second kappa shape index (κ2) is 7.35. The van der Waals surface area contributed by atoms with Crippen molar-refractivity contribution in [1.82, 2.24) is 14.9 Å². The smallest absolute Gasteiger partial charge is 0.233 e. The number of benzene rings is 1. The van der Waals surface area contributed by atoms with Crippen LogP contribution in [0.1, 0.15) is 26.2 Å². The minimum Gasteiger partial charge on any atom is -0.494 e. The SMILES string of the molecule is CCOc1ccc2nc(SCC(=O)N(C3CC3)C3CCS(=O)(=O)C3)[nH]c2c1. The van der Waals surface area contributed by atoms with Gasteiger partial charge in [-0.3, -0.25) is 4.79 Å². The first-order valence-corrected chi connectivity index (χ1v) is 12.0. The molecular weight excluding hydrogens is 386 g/mol. The Morgan fingerprint density at radius 3 is 2.81 bits per heavy atom. The van der Waals surface area contributed by atoms with Gasteiger partial charge in [0.1, 0.15) is 5.75 Å². The molecule has 2 aliphatic rings. The molecule has 146 valence electrons. The Morgan fingerprint density at radius 1 is 1.33 bits per heavy atom. The van der Waals surface area contributed by atoms with Crippen molar-refractivity contribution in [2.75, 3.05) is 23.9 Å². The van der Waals surface area contributed by atoms with E-state index >= 15 is 0 Å². The fourth-order valence-electron chi connectivity index (χ4n) is 3.55. The van der Waals surface area contributed by atoms with E-state index in [1.165, 1.54) is 11.8 Å². The molecule has 9 heteroatoms. The fraction of sp³-hybridized carbons (Fsp3) is 0.556. The van der Waals surface area contributed by atoms with Crippen LogP contribution in [0.3, 0.4) is 0 Å². The van der Waals surface area contributed by atoms with Crippen molar-refractivity contribution in [2.45, 2.75) is 43.4 Å². The number of nitrogens with one attached hydrogen (secondary N) is 1. The van der Waals surface area contributed by atoms with Gasteiger partial charge in [0.15, 0.2) is 15.0 Å². The highest BCUT2D eigenvalue weighted by atomic mass is 32.2. The van der Waals surface area contributed by atoms with Crippen LogP contribution in [0.4, 0.5) is 0 Å². The average Bonchev–Trinajstić information content (AvgIpc) is 3.26. The number of rotatable bonds is 7. The molecule has 1 saturated carbocycles. The minimum absolute atomic E-state index is 0.0000569. The Morgan fingerprint density at radius 2 is 2.15 bits per heavy atom. The van der Waals surface area contributed by atoms with Gasteiger partial charge < -0.3 is 14.6 Å². The number of carbonyl (C=O) groups excluding carboxylic acids is 1. The fourth-order valence-corrected chi connectivity index (χ4v) is 6.01. The van der Waals surface area contributed by atoms with Crippen LogP contribution in [0.25, 0.3) is 11.0 Å². The third kappa shape index (κ3) is 4.24. The highest BCUT2D eigenvalue weighted by Gasteiger charge is 2.41. The van der Waals surface area contributed by atoms with Gasteiger partial charge in [-0.25, -0.2) is 13.4 Å². The summed E-state index contributed by atoms with van der Waals surface area (Å²) in [4.78, 5) is 22.4. The van der Waals surface area contributed by atoms with Crippen molar-refractivity contribution < 1.29 is 17.9 Å². The molecule has 1 aliphatic carbocycles. The normalized spacial score (nSPS) is 21.4. The molecule has 2 aromatic rings. The van der Waals surface area contributed by atoms with Gasteiger partial charge in [-0.2, -0.15) is 0 Å². The molecule has 1 amide bonds. The maximum Gasteiger partial charge on any atom is 0.233 e. The first kappa shape index (κ1) is 18.6. The first-order chi connectivity index (χ1) is 12.9. The van der Waals surface area contributed by atoms with E-state index in [-0.39, 0.29) is 35.2 Å². The molecule has 0 spiro atoms. The second-order valence-electron chi connectivity index (χ2n) is 7.03. The van der Waals surface area contributed by atoms with Gasteiger partial charge >= 0.3 is 0 Å². The Kier molecular flexibility index (Phi) is 5.07. The summed E-state index contributed by atoms with van der Waals surface area (Å²) in [6, 6.07) is 5.71. The number of thioether (sulfide) groups is 1. The molecule has 1 aliphatic heterocycles. The lowest BCUT2D eigenvalue weighted by atomic mass is 10.2. The van der Waals surface area contributed by atoms with Gasteiger partial charge in [-0.05, 0) is 38.3 Å². The van der Waals surface area contributed by atoms with Crippen LogP contribution >= 0.6 is 11.8 Å². The van der Waals surface area contributed by atoms with E-state index in [4.69, 9.17) is 4.74 Å². The van der Waals surface area contributed by atoms with Crippen molar-refractivity contribution in [1.29, 1.82) is 0 Å². The van der Waals surface area contributed by atoms with E-state index in [2.05, 4.69) is 9.97 Å². The standard InChI is InChI=1S/C18H23N3O4S2/c1-2-25-14-5-6-15-16(9-14)20-18(19-15)26-10-17(22)21(12-3-4-12)13-7-8-27(23,24)11-13/h5-6,9,12-13H,2-4,7-8,10-11H2,1H3,(H,19,20). The molecule has 1 aromatic carbocycles. The van der Waals surface area contributed by atoms with E-state index in [1.807, 2.05) is 30.0 Å². The largest absolute Gasteiger partial charge is 0.494 e. The molecule has 1 saturated heterocycles. The highest BCUT2D eigenvalue weighted by Crippen LogP contribution is 2.33. The van der Waals surface area contributed by atoms with Gasteiger partial charge in [0.2, 0.25) is 5.91 Å². The predicted octanol–water partition coefficient (Wildman–Crippen LogP) is 2.23. The van der Waals surface area contributed by atoms with E-state index in [0.29, 0.717) is 18.2 Å². The first-order valence-electron chi connectivity index (χ1n) is 9.22. The van der Waals surface area contributed by atoms with Crippen LogP contribution in [0.2, 0.25) is 0 Å². The van der Waals surface area contributed by atoms with Gasteiger partial charge in [0.05, 0.1) is 34.9 Å². The van der Waals surface area contributed by atoms with E-state index in [0.717, 1.165) is 29.6 Å². The molecule has 1 aromatic heterocycles. The molecule has 0 bridgehead atoms. The highest BCUT2D eigenvalue weighted by molar-refractivity contribution is 7.99. The van der Waals surface area contributed by atoms with Gasteiger partial charge in [0, 0.05) is 18.2 Å². The van der Waals surface area contributed by atoms with Crippen molar-refractivity contribution in [3.05, 3.63) is 18.2 Å². The lowest BCUT2D eigenvalue weighted by Gasteiger charge is -2.28. The molecule has 1 atom stereocenters. The van der Waals surface area contributed by atoms with Gasteiger partial charge in [-0.1, -0.05) is 11.8 Å². The number of amides is 1. The Balaban J connectivity index is 1.42. The van der Waals surface area contributed by atoms with Crippen LogP contribution in [-0.2, 0) is 14.6 Å². The number of aromatic nitrogens is 2. The number of carbonyl (C=O) groups is 1. The summed E-state index contributed by atoms with van der Waals surface area (Å²) >= 11 is 1.36. The maximum atomic E-state index is 12.8. The maximum absolute atomic E-state index is 12.8. The summed E-state index contributed by atoms with van der Waals surface area (Å²) in [5, 5.41) is 0.682. The topological polar surface area (TPSA) is 92.4 Å². The quantitative estimate of drug-likeness (QED) is 0.705. The van der Waals surface area contributed by atoms with Crippen LogP contribution in [0.5, 0.6) is 5.75 Å². The predicted molar refractivity (Wildman–Crippen MR) is 105 cm³/mol. The molecule has 27 heavy (non-hydrogen) atoms. The third-order valence-electron chi connectivity index (χ3n) is 4.91. The number of hydrogen-bond donors (Lipinski definition) is 1. The number of imidazole rings is 1. The van der Waals surface area contributed by atoms with E-state index in [1.54, 1.807) is 0 Å². The Bertz CT molecular complexity index is 953. The summed E-state index contributed by atoms with van der Waals surface area (Å²) in [7, 11) is -3.00. The van der Waals surface area contributed by atoms with Crippen LogP contribution < -0.4 is 4.74 Å². The monoisotopic (exact) mass is 409 g/mol. The molecule has 7 nitrogen and oxygen atoms in total. The lowest BCUT2D eigenvalue weighted by Crippen LogP contribution is -2.43. The number of H-pyrrole nitrogens is 1. The van der Waals surface area contributed by atoms with Crippen LogP contribution in [0.15, 0.2) is 23.4 Å². The molecule has 1 N–H and O–H groups in total. The molecule has 2 heterocycles. The molecule has 0 radical (unpaired) electrons. The number of fused-ring (bicyclic) bond motifs is 1. The number of hydrogen-bond acceptors (Lipinski definition) is 6. The van der Waals surface area contributed by atoms with Crippen molar-refractivity contribution in [2.24, 2.45) is 0 Å². The Labute approximate surface area is 162 Å². The van der Waals surface area contributed by atoms with Crippen LogP contribution in [-0.4, -0.2) is 65.1 Å². The van der Waals surface area contributed by atoms with Gasteiger partial charge in [0.25, 0.3) is 0 Å². The molecule has 1 unspecified atom stereocenters. The van der Waals surface area contributed by atoms with Crippen LogP contribution in [0, 0.1) is 0 Å². The molecule has 4 rings (SSSR count). The van der Waals surface area contributed by atoms with Crippen molar-refractivity contribution in [3.63, 3.8) is 0 Å². The number of nitrogens with zero attached hydrogens (tertiary/aromatic N) is 2. The Hall–Kier alpha value is -1.74. The zero-order chi connectivity index (χ0) is 19.0. The zero-order valence-electron chi connectivity index (χ0n) is 15.2. The summed E-state index contributed by atoms with van der Waals surface area (Å²) in [6.07, 6.45) is 2.50. The van der Waals surface area contributed by atoms with E-state index < -0.39 is 9.84 Å². The minimum atomic E-state index is -3.00. The zero-order valence-corrected chi connectivity index (χ0v) is 16.8. The third-order valence-corrected chi connectivity index (χ3v) is 7.51. The number of ether oxygens (including phenoxy) is 1. The van der Waals surface area contributed by atoms with Crippen molar-refractivity contribution in [3.8, 4) is 5.75 Å². The second-order valence-corrected chi connectivity index (χ2v) is 10.2. The van der Waals surface area contributed by atoms with Crippen molar-refractivity contribution >= 4 is 38.5 Å². The average molecular weight is 410 g/mol. The molecule has 2 fully saturated rings. The molecular formula is C18H23N3O4S2. The summed E-state index contributed by atoms with van der Waals surface area (Å²) in [5.41, 5.74) is 1.70.